The average Bonchev–Trinajstić information content (AvgIpc) is 3.74. The quantitative estimate of drug-likeness (QED) is 0.396. The Kier molecular flexibility index (Phi) is 7.65. The summed E-state index contributed by atoms with van der Waals surface area (Å²) in [4.78, 5) is 28.6. The second-order valence-electron chi connectivity index (χ2n) is 14.0. The first-order chi connectivity index (χ1) is 22.3. The molecule has 46 heavy (non-hydrogen) atoms. The van der Waals surface area contributed by atoms with E-state index >= 15 is 0 Å². The van der Waals surface area contributed by atoms with Gasteiger partial charge in [0, 0.05) is 57.3 Å². The molecule has 5 aliphatic rings. The lowest BCUT2D eigenvalue weighted by atomic mass is 9.94. The van der Waals surface area contributed by atoms with Crippen LogP contribution in [0, 0.1) is 0 Å². The number of anilines is 1. The number of benzene rings is 2. The van der Waals surface area contributed by atoms with Crippen LogP contribution in [-0.2, 0) is 22.5 Å². The number of fused-ring (bicyclic) bond motifs is 5. The molecule has 11 nitrogen and oxygen atoms in total. The molecule has 5 unspecified atom stereocenters. The number of nitrogens with one attached hydrogen (secondary N) is 1. The molecule has 2 N–H and O–H groups in total. The Bertz CT molecular complexity index is 1620. The van der Waals surface area contributed by atoms with Crippen molar-refractivity contribution in [3.05, 3.63) is 53.2 Å². The van der Waals surface area contributed by atoms with Crippen molar-refractivity contribution >= 4 is 22.7 Å². The molecule has 4 saturated heterocycles. The number of aromatic hydroxyl groups is 1. The van der Waals surface area contributed by atoms with Gasteiger partial charge in [-0.1, -0.05) is 24.3 Å². The Morgan fingerprint density at radius 2 is 1.96 bits per heavy atom. The predicted octanol–water partition coefficient (Wildman–Crippen LogP) is 4.16. The van der Waals surface area contributed by atoms with Crippen molar-refractivity contribution in [2.75, 3.05) is 51.8 Å². The van der Waals surface area contributed by atoms with Gasteiger partial charge in [0.05, 0.1) is 23.9 Å². The summed E-state index contributed by atoms with van der Waals surface area (Å²) >= 11 is 0. The Balaban J connectivity index is 1.07. The molecule has 8 rings (SSSR count). The molecule has 5 aliphatic heterocycles. The minimum absolute atomic E-state index is 0.102. The number of piperazine rings is 1. The van der Waals surface area contributed by atoms with Crippen LogP contribution in [0.25, 0.3) is 10.8 Å². The minimum Gasteiger partial charge on any atom is -0.508 e. The highest BCUT2D eigenvalue weighted by Gasteiger charge is 2.50. The molecule has 4 fully saturated rings. The van der Waals surface area contributed by atoms with Crippen LogP contribution in [0.1, 0.15) is 61.4 Å². The molecule has 6 heterocycles. The van der Waals surface area contributed by atoms with Crippen LogP contribution >= 0.6 is 0 Å². The molecule has 2 aromatic carbocycles. The van der Waals surface area contributed by atoms with Crippen molar-refractivity contribution in [3.8, 4) is 11.8 Å². The average molecular weight is 629 g/mol. The number of ether oxygens (including phenoxy) is 3. The number of rotatable bonds is 7. The summed E-state index contributed by atoms with van der Waals surface area (Å²) in [6.07, 6.45) is 6.51. The molecule has 1 amide bonds. The van der Waals surface area contributed by atoms with Crippen LogP contribution in [0.15, 0.2) is 36.4 Å². The van der Waals surface area contributed by atoms with Gasteiger partial charge in [0.15, 0.2) is 0 Å². The molecule has 0 saturated carbocycles. The van der Waals surface area contributed by atoms with Crippen molar-refractivity contribution in [1.82, 2.24) is 25.1 Å². The van der Waals surface area contributed by atoms with Crippen LogP contribution in [0.3, 0.4) is 0 Å². The van der Waals surface area contributed by atoms with Gasteiger partial charge in [0.2, 0.25) is 0 Å². The fourth-order valence-corrected chi connectivity index (χ4v) is 8.60. The van der Waals surface area contributed by atoms with Crippen LogP contribution in [0.5, 0.6) is 11.8 Å². The van der Waals surface area contributed by atoms with E-state index in [2.05, 4.69) is 21.2 Å². The van der Waals surface area contributed by atoms with Gasteiger partial charge in [-0.15, -0.1) is 0 Å². The summed E-state index contributed by atoms with van der Waals surface area (Å²) < 4.78 is 18.7. The molecule has 0 aliphatic carbocycles. The Morgan fingerprint density at radius 3 is 2.78 bits per heavy atom. The van der Waals surface area contributed by atoms with Crippen molar-refractivity contribution in [2.45, 2.75) is 81.3 Å². The maximum absolute atomic E-state index is 12.1. The van der Waals surface area contributed by atoms with Crippen molar-refractivity contribution in [2.24, 2.45) is 0 Å². The third kappa shape index (κ3) is 5.42. The third-order valence-electron chi connectivity index (χ3n) is 10.9. The highest BCUT2D eigenvalue weighted by Crippen LogP contribution is 2.44. The normalized spacial score (nSPS) is 28.7. The summed E-state index contributed by atoms with van der Waals surface area (Å²) in [5.41, 5.74) is 2.86. The summed E-state index contributed by atoms with van der Waals surface area (Å²) in [6.45, 7) is 4.10. The van der Waals surface area contributed by atoms with E-state index in [1.54, 1.807) is 20.2 Å². The number of hydrogen-bond donors (Lipinski definition) is 2. The first-order valence-electron chi connectivity index (χ1n) is 16.8. The molecule has 5 atom stereocenters. The Morgan fingerprint density at radius 1 is 1.13 bits per heavy atom. The number of carbonyl (C=O) groups is 1. The summed E-state index contributed by atoms with van der Waals surface area (Å²) in [5.74, 6) is 1.16. The highest BCUT2D eigenvalue weighted by atomic mass is 16.6. The first kappa shape index (κ1) is 29.7. The zero-order valence-electron chi connectivity index (χ0n) is 26.8. The summed E-state index contributed by atoms with van der Waals surface area (Å²) in [6, 6.07) is 13.3. The fraction of sp³-hybridized carbons (Fsp3) is 0.571. The molecule has 0 spiro atoms. The number of aromatic nitrogens is 2. The van der Waals surface area contributed by atoms with E-state index in [4.69, 9.17) is 24.2 Å². The minimum atomic E-state index is -0.301. The number of amides is 1. The van der Waals surface area contributed by atoms with E-state index in [0.717, 1.165) is 78.7 Å². The van der Waals surface area contributed by atoms with Crippen LogP contribution in [0.2, 0.25) is 0 Å². The fourth-order valence-electron chi connectivity index (χ4n) is 8.60. The monoisotopic (exact) mass is 628 g/mol. The van der Waals surface area contributed by atoms with Gasteiger partial charge in [-0.2, -0.15) is 9.97 Å². The van der Waals surface area contributed by atoms with Gasteiger partial charge in [0.1, 0.15) is 24.8 Å². The standard InChI is InChI=1S/C35H44N6O5/c1-39(2)34(43)45-19-25-10-12-35(11-5-13-41(25)35)21-46-33-37-30-16-31(28-15-26(42)14-22-6-3-4-7-27(22)28)44-20-29(30)32(38-33)40-17-23-8-9-24(18-40)36-23/h3-4,6-7,14-15,23-25,31,36,42H,5,8-13,16-21H2,1-2H3. The van der Waals surface area contributed by atoms with Crippen molar-refractivity contribution in [1.29, 1.82) is 0 Å². The van der Waals surface area contributed by atoms with Crippen LogP contribution < -0.4 is 15.0 Å². The molecule has 244 valence electrons. The smallest absolute Gasteiger partial charge is 0.409 e. The predicted molar refractivity (Wildman–Crippen MR) is 173 cm³/mol. The molecule has 0 radical (unpaired) electrons. The summed E-state index contributed by atoms with van der Waals surface area (Å²) in [7, 11) is 3.42. The van der Waals surface area contributed by atoms with Gasteiger partial charge in [-0.3, -0.25) is 4.90 Å². The zero-order chi connectivity index (χ0) is 31.4. The largest absolute Gasteiger partial charge is 0.508 e. The maximum atomic E-state index is 12.1. The van der Waals surface area contributed by atoms with Gasteiger partial charge in [-0.25, -0.2) is 4.79 Å². The molecule has 2 bridgehead atoms. The molecular formula is C35H44N6O5. The topological polar surface area (TPSA) is 113 Å². The second kappa shape index (κ2) is 11.8. The molecular weight excluding hydrogens is 584 g/mol. The molecule has 11 heteroatoms. The molecule has 3 aromatic rings. The van der Waals surface area contributed by atoms with E-state index in [1.807, 2.05) is 24.3 Å². The maximum Gasteiger partial charge on any atom is 0.409 e. The lowest BCUT2D eigenvalue weighted by Crippen LogP contribution is -2.52. The number of nitrogens with zero attached hydrogens (tertiary/aromatic N) is 5. The van der Waals surface area contributed by atoms with E-state index in [-0.39, 0.29) is 29.5 Å². The second-order valence-corrected chi connectivity index (χ2v) is 14.0. The van der Waals surface area contributed by atoms with E-state index in [0.29, 0.717) is 44.3 Å². The van der Waals surface area contributed by atoms with Crippen LogP contribution in [-0.4, -0.2) is 102 Å². The Hall–Kier alpha value is -3.67. The lowest BCUT2D eigenvalue weighted by Gasteiger charge is -2.37. The number of hydrogen-bond acceptors (Lipinski definition) is 10. The first-order valence-corrected chi connectivity index (χ1v) is 16.8. The number of phenols is 1. The van der Waals surface area contributed by atoms with Gasteiger partial charge in [0.25, 0.3) is 0 Å². The van der Waals surface area contributed by atoms with Gasteiger partial charge >= 0.3 is 12.1 Å². The summed E-state index contributed by atoms with van der Waals surface area (Å²) in [5, 5.41) is 16.4. The Labute approximate surface area is 269 Å². The van der Waals surface area contributed by atoms with Gasteiger partial charge < -0.3 is 34.4 Å². The van der Waals surface area contributed by atoms with E-state index < -0.39 is 0 Å². The molecule has 1 aromatic heterocycles. The highest BCUT2D eigenvalue weighted by molar-refractivity contribution is 5.87. The van der Waals surface area contributed by atoms with E-state index in [1.165, 1.54) is 17.7 Å². The van der Waals surface area contributed by atoms with E-state index in [9.17, 15) is 9.90 Å². The third-order valence-corrected chi connectivity index (χ3v) is 10.9. The van der Waals surface area contributed by atoms with Crippen molar-refractivity contribution < 1.29 is 24.1 Å². The lowest BCUT2D eigenvalue weighted by molar-refractivity contribution is 0.0258. The zero-order valence-corrected chi connectivity index (χ0v) is 26.8. The number of carbonyl (C=O) groups excluding carboxylic acids is 1. The van der Waals surface area contributed by atoms with Gasteiger partial charge in [-0.05, 0) is 73.5 Å². The van der Waals surface area contributed by atoms with Crippen molar-refractivity contribution in [3.63, 3.8) is 0 Å². The van der Waals surface area contributed by atoms with Crippen LogP contribution in [0.4, 0.5) is 10.6 Å². The SMILES string of the molecule is CN(C)C(=O)OCC1CCC2(COc3nc4c(c(N5CC6CCC(C5)N6)n3)COC(c3cc(O)cc5ccccc35)C4)CCCN12. The number of phenolic OH excluding ortho intramolecular Hbond substituents is 1.